The zero-order chi connectivity index (χ0) is 17.5. The largest absolute Gasteiger partial charge is 0.396 e. The third kappa shape index (κ3) is 4.71. The van der Waals surface area contributed by atoms with Crippen molar-refractivity contribution in [2.75, 3.05) is 6.54 Å². The standard InChI is InChI=1S/C15H15N3O3.CH3NS/c19-15-4-1-11(8-16-15)9-17-6-5-12-2-3-14(18(20)21)7-13(12)10-17;2-1-3/h1-4,7-8H,5-6,9-10H2,(H,16,19);1H,(H2,2,3). The van der Waals surface area contributed by atoms with Gasteiger partial charge in [0, 0.05) is 44.0 Å². The third-order valence-corrected chi connectivity index (χ3v) is 3.75. The van der Waals surface area contributed by atoms with E-state index in [1.807, 2.05) is 12.1 Å². The maximum atomic E-state index is 11.0. The Morgan fingerprint density at radius 2 is 2.08 bits per heavy atom. The Balaban J connectivity index is 0.000000647. The van der Waals surface area contributed by atoms with E-state index in [2.05, 4.69) is 27.8 Å². The molecule has 1 aromatic carbocycles. The molecule has 0 radical (unpaired) electrons. The van der Waals surface area contributed by atoms with Gasteiger partial charge in [0.2, 0.25) is 5.56 Å². The minimum atomic E-state index is -0.360. The molecule has 7 nitrogen and oxygen atoms in total. The summed E-state index contributed by atoms with van der Waals surface area (Å²) >= 11 is 4.05. The number of H-pyrrole nitrogens is 1. The van der Waals surface area contributed by atoms with E-state index in [1.54, 1.807) is 18.3 Å². The van der Waals surface area contributed by atoms with Crippen molar-refractivity contribution in [1.29, 1.82) is 0 Å². The van der Waals surface area contributed by atoms with Crippen LogP contribution >= 0.6 is 12.2 Å². The normalized spacial score (nSPS) is 13.3. The first-order valence-electron chi connectivity index (χ1n) is 7.35. The van der Waals surface area contributed by atoms with E-state index in [9.17, 15) is 14.9 Å². The van der Waals surface area contributed by atoms with Crippen LogP contribution in [0.25, 0.3) is 0 Å². The summed E-state index contributed by atoms with van der Waals surface area (Å²) in [5, 5.41) is 10.8. The number of hydrogen-bond acceptors (Lipinski definition) is 5. The van der Waals surface area contributed by atoms with Crippen molar-refractivity contribution in [3.63, 3.8) is 0 Å². The Kier molecular flexibility index (Phi) is 6.16. The van der Waals surface area contributed by atoms with E-state index >= 15 is 0 Å². The Bertz CT molecular complexity index is 771. The summed E-state index contributed by atoms with van der Waals surface area (Å²) in [6, 6.07) is 8.40. The number of nitrogens with two attached hydrogens (primary N) is 1. The molecule has 0 saturated carbocycles. The Morgan fingerprint density at radius 1 is 1.33 bits per heavy atom. The average Bonchev–Trinajstić information content (AvgIpc) is 2.57. The molecular formula is C16H18N4O3S. The van der Waals surface area contributed by atoms with Gasteiger partial charge >= 0.3 is 0 Å². The van der Waals surface area contributed by atoms with Crippen LogP contribution in [0, 0.1) is 10.1 Å². The van der Waals surface area contributed by atoms with Crippen LogP contribution in [0.5, 0.6) is 0 Å². The van der Waals surface area contributed by atoms with Crippen LogP contribution < -0.4 is 11.3 Å². The van der Waals surface area contributed by atoms with Gasteiger partial charge in [-0.15, -0.1) is 0 Å². The highest BCUT2D eigenvalue weighted by molar-refractivity contribution is 7.78. The van der Waals surface area contributed by atoms with Gasteiger partial charge in [0.1, 0.15) is 0 Å². The van der Waals surface area contributed by atoms with Gasteiger partial charge in [0.25, 0.3) is 5.69 Å². The van der Waals surface area contributed by atoms with Gasteiger partial charge in [-0.2, -0.15) is 0 Å². The molecule has 3 rings (SSSR count). The molecule has 0 bridgehead atoms. The SMILES string of the molecule is NC=S.O=c1ccc(CN2CCc3ccc([N+](=O)[O-])cc3C2)c[nH]1. The van der Waals surface area contributed by atoms with E-state index in [-0.39, 0.29) is 16.2 Å². The molecule has 24 heavy (non-hydrogen) atoms. The second-order valence-corrected chi connectivity index (χ2v) is 5.64. The van der Waals surface area contributed by atoms with Gasteiger partial charge in [0.05, 0.1) is 10.4 Å². The zero-order valence-corrected chi connectivity index (χ0v) is 13.8. The fourth-order valence-corrected chi connectivity index (χ4v) is 2.65. The lowest BCUT2D eigenvalue weighted by atomic mass is 9.99. The molecular weight excluding hydrogens is 328 g/mol. The van der Waals surface area contributed by atoms with Crippen LogP contribution in [-0.4, -0.2) is 26.8 Å². The molecule has 1 aliphatic heterocycles. The van der Waals surface area contributed by atoms with E-state index in [1.165, 1.54) is 11.6 Å². The van der Waals surface area contributed by atoms with E-state index < -0.39 is 0 Å². The van der Waals surface area contributed by atoms with Crippen molar-refractivity contribution in [2.24, 2.45) is 5.73 Å². The van der Waals surface area contributed by atoms with Gasteiger partial charge < -0.3 is 10.7 Å². The number of pyridine rings is 1. The van der Waals surface area contributed by atoms with Crippen LogP contribution in [0.4, 0.5) is 5.69 Å². The molecule has 126 valence electrons. The van der Waals surface area contributed by atoms with Crippen molar-refractivity contribution in [3.05, 3.63) is 73.7 Å². The number of nitrogens with zero attached hydrogens (tertiary/aromatic N) is 2. The van der Waals surface area contributed by atoms with Gasteiger partial charge in [-0.1, -0.05) is 24.4 Å². The quantitative estimate of drug-likeness (QED) is 0.498. The number of aromatic nitrogens is 1. The topological polar surface area (TPSA) is 105 Å². The number of nitrogens with one attached hydrogen (secondary N) is 1. The van der Waals surface area contributed by atoms with Crippen LogP contribution in [0.15, 0.2) is 41.3 Å². The first kappa shape index (κ1) is 17.8. The second-order valence-electron chi connectivity index (χ2n) is 5.37. The molecule has 0 saturated heterocycles. The molecule has 0 atom stereocenters. The maximum Gasteiger partial charge on any atom is 0.269 e. The number of thiocarbonyl (C=S) groups is 1. The van der Waals surface area contributed by atoms with E-state index in [0.29, 0.717) is 6.54 Å². The van der Waals surface area contributed by atoms with Crippen LogP contribution in [-0.2, 0) is 19.5 Å². The zero-order valence-electron chi connectivity index (χ0n) is 13.0. The van der Waals surface area contributed by atoms with E-state index in [4.69, 9.17) is 0 Å². The molecule has 1 aliphatic rings. The predicted octanol–water partition coefficient (Wildman–Crippen LogP) is 1.74. The number of nitro groups is 1. The highest BCUT2D eigenvalue weighted by Crippen LogP contribution is 2.24. The predicted molar refractivity (Wildman–Crippen MR) is 95.8 cm³/mol. The fraction of sp³-hybridized carbons (Fsp3) is 0.250. The lowest BCUT2D eigenvalue weighted by Gasteiger charge is -2.28. The van der Waals surface area contributed by atoms with Crippen LogP contribution in [0.1, 0.15) is 16.7 Å². The molecule has 0 amide bonds. The molecule has 0 fully saturated rings. The number of nitro benzene ring substituents is 1. The number of hydrogen-bond donors (Lipinski definition) is 2. The minimum absolute atomic E-state index is 0.113. The second kappa shape index (κ2) is 8.32. The Labute approximate surface area is 144 Å². The Hall–Kier alpha value is -2.58. The molecule has 0 aliphatic carbocycles. The smallest absolute Gasteiger partial charge is 0.269 e. The van der Waals surface area contributed by atoms with Gasteiger partial charge in [-0.25, -0.2) is 0 Å². The monoisotopic (exact) mass is 346 g/mol. The number of aromatic amines is 1. The van der Waals surface area contributed by atoms with Gasteiger partial charge in [-0.3, -0.25) is 19.8 Å². The lowest BCUT2D eigenvalue weighted by molar-refractivity contribution is -0.385. The molecule has 8 heteroatoms. The highest BCUT2D eigenvalue weighted by atomic mass is 32.1. The molecule has 3 N–H and O–H groups in total. The lowest BCUT2D eigenvalue weighted by Crippen LogP contribution is -2.30. The number of benzene rings is 1. The maximum absolute atomic E-state index is 11.0. The number of rotatable bonds is 3. The van der Waals surface area contributed by atoms with Gasteiger partial charge in [-0.05, 0) is 23.1 Å². The van der Waals surface area contributed by atoms with Crippen molar-refractivity contribution >= 4 is 23.4 Å². The van der Waals surface area contributed by atoms with Crippen LogP contribution in [0.3, 0.4) is 0 Å². The molecule has 0 spiro atoms. The molecule has 2 heterocycles. The van der Waals surface area contributed by atoms with Crippen LogP contribution in [0.2, 0.25) is 0 Å². The summed E-state index contributed by atoms with van der Waals surface area (Å²) in [4.78, 5) is 26.4. The van der Waals surface area contributed by atoms with Crippen molar-refractivity contribution in [3.8, 4) is 0 Å². The van der Waals surface area contributed by atoms with Crippen molar-refractivity contribution < 1.29 is 4.92 Å². The third-order valence-electron chi connectivity index (χ3n) is 3.75. The minimum Gasteiger partial charge on any atom is -0.396 e. The highest BCUT2D eigenvalue weighted by Gasteiger charge is 2.19. The molecule has 0 unspecified atom stereocenters. The summed E-state index contributed by atoms with van der Waals surface area (Å²) in [7, 11) is 0. The Morgan fingerprint density at radius 3 is 2.71 bits per heavy atom. The molecule has 1 aromatic heterocycles. The summed E-state index contributed by atoms with van der Waals surface area (Å²) in [5.41, 5.74) is 8.87. The number of non-ortho nitro benzene ring substituents is 1. The molecule has 2 aromatic rings. The van der Waals surface area contributed by atoms with Gasteiger partial charge in [0.15, 0.2) is 0 Å². The number of fused-ring (bicyclic) bond motifs is 1. The van der Waals surface area contributed by atoms with Crippen molar-refractivity contribution in [2.45, 2.75) is 19.5 Å². The summed E-state index contributed by atoms with van der Waals surface area (Å²) in [6.07, 6.45) is 2.60. The first-order valence-corrected chi connectivity index (χ1v) is 7.82. The summed E-state index contributed by atoms with van der Waals surface area (Å²) in [6.45, 7) is 2.32. The first-order chi connectivity index (χ1) is 11.5. The summed E-state index contributed by atoms with van der Waals surface area (Å²) in [5.74, 6) is 0. The van der Waals surface area contributed by atoms with Crippen molar-refractivity contribution in [1.82, 2.24) is 9.88 Å². The fourth-order valence-electron chi connectivity index (χ4n) is 2.65. The summed E-state index contributed by atoms with van der Waals surface area (Å²) < 4.78 is 0. The average molecular weight is 346 g/mol. The van der Waals surface area contributed by atoms with E-state index in [0.717, 1.165) is 36.1 Å².